The van der Waals surface area contributed by atoms with Gasteiger partial charge in [-0.25, -0.2) is 4.98 Å². The second kappa shape index (κ2) is 10.3. The van der Waals surface area contributed by atoms with Gasteiger partial charge in [-0.05, 0) is 43.5 Å². The second-order valence-electron chi connectivity index (χ2n) is 8.96. The van der Waals surface area contributed by atoms with Crippen LogP contribution in [0.2, 0.25) is 0 Å². The number of nitrogens with zero attached hydrogens (tertiary/aromatic N) is 1. The molecule has 0 spiro atoms. The summed E-state index contributed by atoms with van der Waals surface area (Å²) in [5.41, 5.74) is 3.79. The van der Waals surface area contributed by atoms with Gasteiger partial charge in [0, 0.05) is 27.9 Å². The molecule has 2 aromatic carbocycles. The van der Waals surface area contributed by atoms with Crippen LogP contribution in [0.4, 0.5) is 10.8 Å². The minimum Gasteiger partial charge on any atom is -0.326 e. The summed E-state index contributed by atoms with van der Waals surface area (Å²) in [5.74, 6) is -0.0959. The number of carbonyl (C=O) groups excluding carboxylic acids is 2. The summed E-state index contributed by atoms with van der Waals surface area (Å²) in [6, 6.07) is 15.7. The summed E-state index contributed by atoms with van der Waals surface area (Å²) in [7, 11) is 0. The van der Waals surface area contributed by atoms with Crippen LogP contribution in [0.5, 0.6) is 0 Å². The van der Waals surface area contributed by atoms with E-state index >= 15 is 0 Å². The molecule has 0 aliphatic rings. The fraction of sp³-hybridized carbons (Fsp3) is 0.320. The second-order valence-corrected chi connectivity index (χ2v) is 11.2. The number of thioether (sulfide) groups is 1. The number of rotatable bonds is 7. The average Bonchev–Trinajstić information content (AvgIpc) is 3.17. The Morgan fingerprint density at radius 3 is 2.31 bits per heavy atom. The van der Waals surface area contributed by atoms with Crippen molar-refractivity contribution in [3.63, 3.8) is 0 Å². The molecule has 0 aliphatic heterocycles. The molecule has 0 radical (unpaired) electrons. The van der Waals surface area contributed by atoms with Crippen LogP contribution in [0.15, 0.2) is 58.8 Å². The summed E-state index contributed by atoms with van der Waals surface area (Å²) in [6.45, 7) is 10.0. The number of nitrogens with one attached hydrogen (secondary N) is 2. The fourth-order valence-electron chi connectivity index (χ4n) is 2.96. The van der Waals surface area contributed by atoms with Gasteiger partial charge in [0.1, 0.15) is 0 Å². The highest BCUT2D eigenvalue weighted by Gasteiger charge is 2.18. The third kappa shape index (κ3) is 7.21. The minimum absolute atomic E-state index is 0.000830. The smallest absolute Gasteiger partial charge is 0.239 e. The average molecular weight is 468 g/mol. The number of carbonyl (C=O) groups is 2. The topological polar surface area (TPSA) is 71.1 Å². The molecule has 7 heteroatoms. The Hall–Kier alpha value is -2.64. The van der Waals surface area contributed by atoms with Crippen LogP contribution >= 0.6 is 23.1 Å². The predicted octanol–water partition coefficient (Wildman–Crippen LogP) is 6.61. The van der Waals surface area contributed by atoms with Crippen LogP contribution in [0.25, 0.3) is 11.3 Å². The maximum absolute atomic E-state index is 12.6. The predicted molar refractivity (Wildman–Crippen MR) is 135 cm³/mol. The Morgan fingerprint density at radius 2 is 1.69 bits per heavy atom. The van der Waals surface area contributed by atoms with Crippen molar-refractivity contribution in [2.24, 2.45) is 5.41 Å². The molecule has 3 aromatic rings. The van der Waals surface area contributed by atoms with Crippen molar-refractivity contribution in [3.05, 3.63) is 59.5 Å². The van der Waals surface area contributed by atoms with E-state index < -0.39 is 0 Å². The monoisotopic (exact) mass is 467 g/mol. The summed E-state index contributed by atoms with van der Waals surface area (Å²) in [4.78, 5) is 30.2. The molecule has 0 aliphatic carbocycles. The first kappa shape index (κ1) is 24.0. The molecule has 168 valence electrons. The summed E-state index contributed by atoms with van der Waals surface area (Å²) in [6.07, 6.45) is 0.461. The van der Waals surface area contributed by atoms with Gasteiger partial charge < -0.3 is 10.6 Å². The zero-order valence-corrected chi connectivity index (χ0v) is 20.7. The highest BCUT2D eigenvalue weighted by Crippen LogP contribution is 2.28. The highest BCUT2D eigenvalue weighted by atomic mass is 32.2. The quantitative estimate of drug-likeness (QED) is 0.383. The van der Waals surface area contributed by atoms with E-state index in [2.05, 4.69) is 15.6 Å². The Balaban J connectivity index is 1.53. The SMILES string of the molecule is Cc1ccc(-c2csc(NC(=O)C(C)Sc3ccc(NC(=O)CC(C)(C)C)cc3)n2)cc1. The van der Waals surface area contributed by atoms with Gasteiger partial charge in [-0.2, -0.15) is 0 Å². The number of anilines is 2. The zero-order valence-electron chi connectivity index (χ0n) is 19.1. The summed E-state index contributed by atoms with van der Waals surface area (Å²) >= 11 is 2.88. The lowest BCUT2D eigenvalue weighted by atomic mass is 9.92. The van der Waals surface area contributed by atoms with E-state index in [-0.39, 0.29) is 22.5 Å². The van der Waals surface area contributed by atoms with Gasteiger partial charge in [0.2, 0.25) is 11.8 Å². The number of benzene rings is 2. The van der Waals surface area contributed by atoms with Gasteiger partial charge in [-0.3, -0.25) is 9.59 Å². The molecule has 3 rings (SSSR count). The molecule has 1 unspecified atom stereocenters. The number of hydrogen-bond acceptors (Lipinski definition) is 5. The summed E-state index contributed by atoms with van der Waals surface area (Å²) < 4.78 is 0. The van der Waals surface area contributed by atoms with Gasteiger partial charge in [-0.15, -0.1) is 23.1 Å². The van der Waals surface area contributed by atoms with E-state index in [1.807, 2.05) is 88.5 Å². The normalized spacial score (nSPS) is 12.3. The standard InChI is InChI=1S/C25H29N3O2S2/c1-16-6-8-18(9-7-16)21-15-31-24(27-21)28-23(30)17(2)32-20-12-10-19(11-13-20)26-22(29)14-25(3,4)5/h6-13,15,17H,14H2,1-5H3,(H,26,29)(H,27,28,30). The van der Waals surface area contributed by atoms with Crippen molar-refractivity contribution >= 4 is 45.7 Å². The van der Waals surface area contributed by atoms with Crippen molar-refractivity contribution < 1.29 is 9.59 Å². The largest absolute Gasteiger partial charge is 0.326 e. The first-order valence-electron chi connectivity index (χ1n) is 10.5. The number of aromatic nitrogens is 1. The van der Waals surface area contributed by atoms with Crippen LogP contribution in [0.1, 0.15) is 39.7 Å². The third-order valence-electron chi connectivity index (χ3n) is 4.59. The molecule has 1 atom stereocenters. The number of thiazole rings is 1. The number of aryl methyl sites for hydroxylation is 1. The van der Waals surface area contributed by atoms with Crippen molar-refractivity contribution in [3.8, 4) is 11.3 Å². The van der Waals surface area contributed by atoms with Crippen molar-refractivity contribution in [1.29, 1.82) is 0 Å². The van der Waals surface area contributed by atoms with E-state index in [1.54, 1.807) is 0 Å². The Labute approximate surface area is 198 Å². The molecule has 32 heavy (non-hydrogen) atoms. The van der Waals surface area contributed by atoms with Crippen LogP contribution in [-0.4, -0.2) is 22.0 Å². The molecule has 0 fully saturated rings. The Morgan fingerprint density at radius 1 is 1.03 bits per heavy atom. The lowest BCUT2D eigenvalue weighted by Crippen LogP contribution is -2.22. The van der Waals surface area contributed by atoms with Crippen molar-refractivity contribution in [2.45, 2.75) is 51.2 Å². The molecule has 0 bridgehead atoms. The molecule has 2 N–H and O–H groups in total. The van der Waals surface area contributed by atoms with Gasteiger partial charge in [0.25, 0.3) is 0 Å². The Kier molecular flexibility index (Phi) is 7.74. The molecular weight excluding hydrogens is 438 g/mol. The van der Waals surface area contributed by atoms with Crippen molar-refractivity contribution in [2.75, 3.05) is 10.6 Å². The first-order chi connectivity index (χ1) is 15.1. The zero-order chi connectivity index (χ0) is 23.3. The third-order valence-corrected chi connectivity index (χ3v) is 6.46. The van der Waals surface area contributed by atoms with Crippen LogP contribution in [0, 0.1) is 12.3 Å². The molecule has 2 amide bonds. The molecule has 0 saturated heterocycles. The number of hydrogen-bond donors (Lipinski definition) is 2. The maximum Gasteiger partial charge on any atom is 0.239 e. The molecular formula is C25H29N3O2S2. The van der Waals surface area contributed by atoms with Crippen molar-refractivity contribution in [1.82, 2.24) is 4.98 Å². The van der Waals surface area contributed by atoms with E-state index in [4.69, 9.17) is 0 Å². The van der Waals surface area contributed by atoms with E-state index in [9.17, 15) is 9.59 Å². The van der Waals surface area contributed by atoms with E-state index in [0.29, 0.717) is 11.6 Å². The van der Waals surface area contributed by atoms with Crippen LogP contribution in [-0.2, 0) is 9.59 Å². The van der Waals surface area contributed by atoms with Crippen LogP contribution in [0.3, 0.4) is 0 Å². The van der Waals surface area contributed by atoms with Gasteiger partial charge >= 0.3 is 0 Å². The van der Waals surface area contributed by atoms with Crippen LogP contribution < -0.4 is 10.6 Å². The molecule has 1 aromatic heterocycles. The van der Waals surface area contributed by atoms with E-state index in [1.165, 1.54) is 28.7 Å². The lowest BCUT2D eigenvalue weighted by molar-refractivity contribution is -0.118. The first-order valence-corrected chi connectivity index (χ1v) is 12.2. The maximum atomic E-state index is 12.6. The lowest BCUT2D eigenvalue weighted by Gasteiger charge is -2.17. The highest BCUT2D eigenvalue weighted by molar-refractivity contribution is 8.00. The molecule has 1 heterocycles. The number of amides is 2. The minimum atomic E-state index is -0.289. The van der Waals surface area contributed by atoms with Gasteiger partial charge in [0.15, 0.2) is 5.13 Å². The van der Waals surface area contributed by atoms with Gasteiger partial charge in [-0.1, -0.05) is 50.6 Å². The Bertz CT molecular complexity index is 1070. The fourth-order valence-corrected chi connectivity index (χ4v) is 4.55. The molecule has 0 saturated carbocycles. The molecule has 5 nitrogen and oxygen atoms in total. The summed E-state index contributed by atoms with van der Waals surface area (Å²) in [5, 5.41) is 8.09. The van der Waals surface area contributed by atoms with E-state index in [0.717, 1.165) is 21.8 Å². The van der Waals surface area contributed by atoms with Gasteiger partial charge in [0.05, 0.1) is 10.9 Å².